The topological polar surface area (TPSA) is 65.2 Å². The maximum absolute atomic E-state index is 10.8. The highest BCUT2D eigenvalue weighted by molar-refractivity contribution is 6.17. The van der Waals surface area contributed by atoms with Crippen LogP contribution in [0.1, 0.15) is 16.1 Å². The maximum atomic E-state index is 10.8. The van der Waals surface area contributed by atoms with E-state index in [0.717, 1.165) is 0 Å². The normalized spacial score (nSPS) is 9.92. The minimum Gasteiger partial charge on any atom is -0.366 e. The largest absolute Gasteiger partial charge is 0.366 e. The van der Waals surface area contributed by atoms with Gasteiger partial charge in [-0.1, -0.05) is 11.6 Å². The van der Waals surface area contributed by atoms with Crippen LogP contribution in [0.4, 0.5) is 0 Å². The molecule has 0 aliphatic heterocycles. The fourth-order valence-corrected chi connectivity index (χ4v) is 0.931. The Balaban J connectivity index is 2.73. The molecule has 0 radical (unpaired) electrons. The van der Waals surface area contributed by atoms with Crippen molar-refractivity contribution in [2.24, 2.45) is 5.73 Å². The third-order valence-corrected chi connectivity index (χ3v) is 1.58. The monoisotopic (exact) mass is 200 g/mol. The van der Waals surface area contributed by atoms with Gasteiger partial charge in [-0.2, -0.15) is 0 Å². The van der Waals surface area contributed by atoms with Gasteiger partial charge in [0.2, 0.25) is 5.91 Å². The molecule has 0 spiro atoms. The van der Waals surface area contributed by atoms with Gasteiger partial charge in [-0.3, -0.25) is 9.78 Å². The summed E-state index contributed by atoms with van der Waals surface area (Å²) < 4.78 is 4.91. The van der Waals surface area contributed by atoms with Crippen molar-refractivity contribution in [2.75, 3.05) is 6.07 Å². The highest BCUT2D eigenvalue weighted by Crippen LogP contribution is 2.02. The number of rotatable bonds is 4. The first kappa shape index (κ1) is 9.95. The summed E-state index contributed by atoms with van der Waals surface area (Å²) in [7, 11) is 0. The van der Waals surface area contributed by atoms with Crippen LogP contribution in [0.25, 0.3) is 0 Å². The molecule has 0 fully saturated rings. The zero-order valence-electron chi connectivity index (χ0n) is 6.87. The predicted octanol–water partition coefficient (Wildman–Crippen LogP) is 0.893. The van der Waals surface area contributed by atoms with Crippen LogP contribution in [0.5, 0.6) is 0 Å². The second kappa shape index (κ2) is 4.79. The second-order valence-electron chi connectivity index (χ2n) is 2.36. The van der Waals surface area contributed by atoms with Crippen LogP contribution in [0.15, 0.2) is 18.3 Å². The highest BCUT2D eigenvalue weighted by atomic mass is 35.5. The van der Waals surface area contributed by atoms with E-state index in [0.29, 0.717) is 11.3 Å². The maximum Gasteiger partial charge on any atom is 0.248 e. The van der Waals surface area contributed by atoms with Gasteiger partial charge < -0.3 is 10.5 Å². The zero-order valence-corrected chi connectivity index (χ0v) is 7.62. The summed E-state index contributed by atoms with van der Waals surface area (Å²) in [4.78, 5) is 14.7. The summed E-state index contributed by atoms with van der Waals surface area (Å²) in [6.07, 6.45) is 1.51. The Labute approximate surface area is 80.7 Å². The van der Waals surface area contributed by atoms with Crippen molar-refractivity contribution in [3.05, 3.63) is 29.6 Å². The number of ether oxygens (including phenoxy) is 1. The molecule has 2 N–H and O–H groups in total. The molecular weight excluding hydrogens is 192 g/mol. The molecule has 0 atom stereocenters. The van der Waals surface area contributed by atoms with E-state index in [1.54, 1.807) is 12.1 Å². The van der Waals surface area contributed by atoms with Gasteiger partial charge in [0.05, 0.1) is 12.3 Å². The zero-order chi connectivity index (χ0) is 9.68. The molecular formula is C8H9ClN2O2. The molecule has 1 aromatic heterocycles. The number of nitrogens with zero attached hydrogens (tertiary/aromatic N) is 1. The number of amides is 1. The van der Waals surface area contributed by atoms with Crippen molar-refractivity contribution < 1.29 is 9.53 Å². The lowest BCUT2D eigenvalue weighted by Crippen LogP contribution is -2.11. The quantitative estimate of drug-likeness (QED) is 0.735. The molecule has 1 heterocycles. The SMILES string of the molecule is NC(=O)c1ccnc(COCCl)c1. The molecule has 0 bridgehead atoms. The van der Waals surface area contributed by atoms with E-state index in [-0.39, 0.29) is 12.7 Å². The summed E-state index contributed by atoms with van der Waals surface area (Å²) in [6.45, 7) is 0.282. The number of hydrogen-bond donors (Lipinski definition) is 1. The molecule has 0 aliphatic rings. The van der Waals surface area contributed by atoms with Gasteiger partial charge in [0.1, 0.15) is 6.07 Å². The third kappa shape index (κ3) is 3.01. The molecule has 0 aliphatic carbocycles. The van der Waals surface area contributed by atoms with Crippen LogP contribution in [0, 0.1) is 0 Å². The van der Waals surface area contributed by atoms with Gasteiger partial charge in [-0.25, -0.2) is 0 Å². The second-order valence-corrected chi connectivity index (χ2v) is 2.58. The summed E-state index contributed by atoms with van der Waals surface area (Å²) in [6, 6.07) is 3.23. The number of nitrogens with two attached hydrogens (primary N) is 1. The standard InChI is InChI=1S/C8H9ClN2O2/c9-5-13-4-7-3-6(8(10)12)1-2-11-7/h1-3H,4-5H2,(H2,10,12). The molecule has 1 aromatic rings. The first-order valence-corrected chi connectivity index (χ1v) is 4.16. The van der Waals surface area contributed by atoms with Crippen molar-refractivity contribution in [1.29, 1.82) is 0 Å². The first-order valence-electron chi connectivity index (χ1n) is 3.62. The fraction of sp³-hybridized carbons (Fsp3) is 0.250. The smallest absolute Gasteiger partial charge is 0.248 e. The van der Waals surface area contributed by atoms with E-state index in [2.05, 4.69) is 4.98 Å². The lowest BCUT2D eigenvalue weighted by molar-refractivity contribution is 0.0999. The molecule has 1 rings (SSSR count). The van der Waals surface area contributed by atoms with Gasteiger partial charge in [-0.15, -0.1) is 0 Å². The van der Waals surface area contributed by atoms with Crippen LogP contribution in [-0.4, -0.2) is 17.0 Å². The Kier molecular flexibility index (Phi) is 3.67. The van der Waals surface area contributed by atoms with Gasteiger partial charge >= 0.3 is 0 Å². The van der Waals surface area contributed by atoms with Crippen molar-refractivity contribution in [3.63, 3.8) is 0 Å². The number of carbonyl (C=O) groups excluding carboxylic acids is 1. The Morgan fingerprint density at radius 1 is 1.69 bits per heavy atom. The number of pyridine rings is 1. The Morgan fingerprint density at radius 2 is 2.46 bits per heavy atom. The number of hydrogen-bond acceptors (Lipinski definition) is 3. The molecule has 4 nitrogen and oxygen atoms in total. The Morgan fingerprint density at radius 3 is 3.08 bits per heavy atom. The fourth-order valence-electron chi connectivity index (χ4n) is 0.854. The lowest BCUT2D eigenvalue weighted by Gasteiger charge is -2.00. The van der Waals surface area contributed by atoms with E-state index in [9.17, 15) is 4.79 Å². The van der Waals surface area contributed by atoms with Gasteiger partial charge in [0.25, 0.3) is 0 Å². The highest BCUT2D eigenvalue weighted by Gasteiger charge is 2.01. The minimum atomic E-state index is -0.477. The average Bonchev–Trinajstić information content (AvgIpc) is 2.15. The molecule has 0 saturated heterocycles. The molecule has 70 valence electrons. The number of carbonyl (C=O) groups is 1. The number of alkyl halides is 1. The Bertz CT molecular complexity index is 304. The minimum absolute atomic E-state index is 0.0997. The molecule has 0 saturated carbocycles. The van der Waals surface area contributed by atoms with E-state index in [1.807, 2.05) is 0 Å². The average molecular weight is 201 g/mol. The van der Waals surface area contributed by atoms with Gasteiger partial charge in [-0.05, 0) is 12.1 Å². The van der Waals surface area contributed by atoms with Gasteiger partial charge in [0, 0.05) is 11.8 Å². The summed E-state index contributed by atoms with van der Waals surface area (Å²) in [5.41, 5.74) is 6.13. The Hall–Kier alpha value is -1.13. The van der Waals surface area contributed by atoms with Crippen molar-refractivity contribution in [2.45, 2.75) is 6.61 Å². The van der Waals surface area contributed by atoms with E-state index >= 15 is 0 Å². The van der Waals surface area contributed by atoms with Crippen LogP contribution in [0.3, 0.4) is 0 Å². The summed E-state index contributed by atoms with van der Waals surface area (Å²) in [5.74, 6) is -0.477. The van der Waals surface area contributed by atoms with Crippen LogP contribution in [0.2, 0.25) is 0 Å². The van der Waals surface area contributed by atoms with Crippen molar-refractivity contribution in [1.82, 2.24) is 4.98 Å². The van der Waals surface area contributed by atoms with Gasteiger partial charge in [0.15, 0.2) is 0 Å². The molecule has 0 aromatic carbocycles. The predicted molar refractivity (Wildman–Crippen MR) is 48.3 cm³/mol. The van der Waals surface area contributed by atoms with E-state index in [1.165, 1.54) is 6.20 Å². The van der Waals surface area contributed by atoms with Crippen LogP contribution >= 0.6 is 11.6 Å². The summed E-state index contributed by atoms with van der Waals surface area (Å²) >= 11 is 5.31. The molecule has 0 unspecified atom stereocenters. The summed E-state index contributed by atoms with van der Waals surface area (Å²) in [5, 5.41) is 0. The van der Waals surface area contributed by atoms with Crippen molar-refractivity contribution in [3.8, 4) is 0 Å². The van der Waals surface area contributed by atoms with Crippen molar-refractivity contribution >= 4 is 17.5 Å². The number of aromatic nitrogens is 1. The third-order valence-electron chi connectivity index (χ3n) is 1.43. The molecule has 5 heteroatoms. The number of primary amides is 1. The van der Waals surface area contributed by atoms with E-state index < -0.39 is 5.91 Å². The molecule has 13 heavy (non-hydrogen) atoms. The van der Waals surface area contributed by atoms with E-state index in [4.69, 9.17) is 22.1 Å². The van der Waals surface area contributed by atoms with Crippen LogP contribution < -0.4 is 5.73 Å². The first-order chi connectivity index (χ1) is 6.24. The van der Waals surface area contributed by atoms with Crippen LogP contribution in [-0.2, 0) is 11.3 Å². The lowest BCUT2D eigenvalue weighted by atomic mass is 10.2. The number of halogens is 1. The molecule has 1 amide bonds.